The Morgan fingerprint density at radius 2 is 1.78 bits per heavy atom. The lowest BCUT2D eigenvalue weighted by molar-refractivity contribution is 0.0696. The first-order valence-electron chi connectivity index (χ1n) is 9.69. The number of rotatable bonds is 4. The molecule has 0 saturated carbocycles. The summed E-state index contributed by atoms with van der Waals surface area (Å²) in [5, 5.41) is 9.23. The van der Waals surface area contributed by atoms with Gasteiger partial charge in [0.25, 0.3) is 11.8 Å². The summed E-state index contributed by atoms with van der Waals surface area (Å²) >= 11 is 0. The predicted molar refractivity (Wildman–Crippen MR) is 115 cm³/mol. The van der Waals surface area contributed by atoms with Crippen LogP contribution in [0.3, 0.4) is 0 Å². The van der Waals surface area contributed by atoms with E-state index < -0.39 is 17.8 Å². The molecule has 0 bridgehead atoms. The first kappa shape index (κ1) is 19.5. The standard InChI is InChI=1S/C24H16N2O6/c1-12-3-7-17-20(9-12)32-21(25-17)13-5-8-19(31-2)18(11-13)26-22(27)15-6-4-14(24(29)30)10-16(15)23(26)28/h3-11H,1-2H3,(H,29,30). The highest BCUT2D eigenvalue weighted by molar-refractivity contribution is 6.35. The smallest absolute Gasteiger partial charge is 0.335 e. The third kappa shape index (κ3) is 2.92. The number of fused-ring (bicyclic) bond motifs is 2. The molecule has 0 unspecified atom stereocenters. The number of nitrogens with zero attached hydrogens (tertiary/aromatic N) is 2. The van der Waals surface area contributed by atoms with Gasteiger partial charge in [-0.05, 0) is 61.0 Å². The van der Waals surface area contributed by atoms with Crippen LogP contribution in [0, 0.1) is 6.92 Å². The molecule has 2 heterocycles. The minimum atomic E-state index is -1.18. The van der Waals surface area contributed by atoms with E-state index in [2.05, 4.69) is 4.98 Å². The fourth-order valence-corrected chi connectivity index (χ4v) is 3.75. The first-order valence-corrected chi connectivity index (χ1v) is 9.69. The fourth-order valence-electron chi connectivity index (χ4n) is 3.75. The van der Waals surface area contributed by atoms with E-state index in [-0.39, 0.29) is 22.4 Å². The first-order chi connectivity index (χ1) is 15.4. The van der Waals surface area contributed by atoms with E-state index in [0.717, 1.165) is 10.5 Å². The summed E-state index contributed by atoms with van der Waals surface area (Å²) in [6.45, 7) is 1.95. The van der Waals surface area contributed by atoms with Crippen molar-refractivity contribution >= 4 is 34.6 Å². The summed E-state index contributed by atoms with van der Waals surface area (Å²) in [7, 11) is 1.43. The van der Waals surface area contributed by atoms with E-state index >= 15 is 0 Å². The third-order valence-electron chi connectivity index (χ3n) is 5.34. The number of ether oxygens (including phenoxy) is 1. The van der Waals surface area contributed by atoms with Gasteiger partial charge in [0.2, 0.25) is 5.89 Å². The van der Waals surface area contributed by atoms with Gasteiger partial charge in [-0.3, -0.25) is 9.59 Å². The van der Waals surface area contributed by atoms with Gasteiger partial charge >= 0.3 is 5.97 Å². The minimum absolute atomic E-state index is 0.0275. The Morgan fingerprint density at radius 1 is 1.00 bits per heavy atom. The number of carbonyl (C=O) groups is 3. The second-order valence-corrected chi connectivity index (χ2v) is 7.39. The second kappa shape index (κ2) is 7.05. The molecule has 2 amide bonds. The number of imide groups is 1. The van der Waals surface area contributed by atoms with Gasteiger partial charge in [0.1, 0.15) is 11.3 Å². The van der Waals surface area contributed by atoms with Crippen LogP contribution in [0.25, 0.3) is 22.6 Å². The highest BCUT2D eigenvalue weighted by Crippen LogP contribution is 2.38. The largest absolute Gasteiger partial charge is 0.495 e. The number of anilines is 1. The number of oxazole rings is 1. The summed E-state index contributed by atoms with van der Waals surface area (Å²) in [6, 6.07) is 14.4. The van der Waals surface area contributed by atoms with E-state index in [1.807, 2.05) is 25.1 Å². The van der Waals surface area contributed by atoms with Crippen molar-refractivity contribution in [3.05, 3.63) is 76.9 Å². The zero-order valence-electron chi connectivity index (χ0n) is 17.1. The van der Waals surface area contributed by atoms with E-state index in [0.29, 0.717) is 28.3 Å². The summed E-state index contributed by atoms with van der Waals surface area (Å²) in [5.41, 5.74) is 3.19. The number of aromatic carboxylic acids is 1. The molecule has 0 atom stereocenters. The van der Waals surface area contributed by atoms with Crippen LogP contribution in [0.5, 0.6) is 5.75 Å². The summed E-state index contributed by atoms with van der Waals surface area (Å²) in [5.74, 6) is -1.74. The lowest BCUT2D eigenvalue weighted by Crippen LogP contribution is -2.29. The van der Waals surface area contributed by atoms with Crippen LogP contribution in [0.1, 0.15) is 36.6 Å². The molecule has 4 aromatic rings. The maximum Gasteiger partial charge on any atom is 0.335 e. The minimum Gasteiger partial charge on any atom is -0.495 e. The predicted octanol–water partition coefficient (Wildman–Crippen LogP) is 4.31. The molecular weight excluding hydrogens is 412 g/mol. The van der Waals surface area contributed by atoms with Crippen LogP contribution in [0.2, 0.25) is 0 Å². The molecule has 0 spiro atoms. The summed E-state index contributed by atoms with van der Waals surface area (Å²) in [6.07, 6.45) is 0. The zero-order valence-corrected chi connectivity index (χ0v) is 17.1. The molecule has 8 nitrogen and oxygen atoms in total. The quantitative estimate of drug-likeness (QED) is 0.482. The van der Waals surface area contributed by atoms with Gasteiger partial charge in [-0.25, -0.2) is 14.7 Å². The average molecular weight is 428 g/mol. The number of methoxy groups -OCH3 is 1. The van der Waals surface area contributed by atoms with Crippen LogP contribution >= 0.6 is 0 Å². The average Bonchev–Trinajstić information content (AvgIpc) is 3.31. The van der Waals surface area contributed by atoms with E-state index in [4.69, 9.17) is 9.15 Å². The van der Waals surface area contributed by atoms with Gasteiger partial charge in [-0.15, -0.1) is 0 Å². The van der Waals surface area contributed by atoms with E-state index in [9.17, 15) is 19.5 Å². The van der Waals surface area contributed by atoms with Crippen molar-refractivity contribution in [2.75, 3.05) is 12.0 Å². The van der Waals surface area contributed by atoms with Gasteiger partial charge < -0.3 is 14.3 Å². The normalized spacial score (nSPS) is 13.0. The Bertz CT molecular complexity index is 1450. The molecule has 1 aliphatic rings. The molecule has 158 valence electrons. The molecule has 3 aromatic carbocycles. The number of carboxylic acids is 1. The maximum atomic E-state index is 13.1. The van der Waals surface area contributed by atoms with Crippen LogP contribution in [0.15, 0.2) is 59.0 Å². The molecule has 1 aliphatic heterocycles. The van der Waals surface area contributed by atoms with Crippen molar-refractivity contribution in [3.63, 3.8) is 0 Å². The van der Waals surface area contributed by atoms with Gasteiger partial charge in [0.15, 0.2) is 5.58 Å². The van der Waals surface area contributed by atoms with Crippen LogP contribution in [-0.2, 0) is 0 Å². The van der Waals surface area contributed by atoms with Crippen molar-refractivity contribution in [2.24, 2.45) is 0 Å². The Morgan fingerprint density at radius 3 is 2.53 bits per heavy atom. The molecule has 0 radical (unpaired) electrons. The molecule has 8 heteroatoms. The van der Waals surface area contributed by atoms with Crippen molar-refractivity contribution in [1.82, 2.24) is 4.98 Å². The molecular formula is C24H16N2O6. The number of carbonyl (C=O) groups excluding carboxylic acids is 2. The lowest BCUT2D eigenvalue weighted by Gasteiger charge is -2.18. The second-order valence-electron chi connectivity index (χ2n) is 7.39. The zero-order chi connectivity index (χ0) is 22.6. The molecule has 5 rings (SSSR count). The SMILES string of the molecule is COc1ccc(-c2nc3ccc(C)cc3o2)cc1N1C(=O)c2ccc(C(=O)O)cc2C1=O. The Hall–Kier alpha value is -4.46. The molecule has 32 heavy (non-hydrogen) atoms. The van der Waals surface area contributed by atoms with Crippen LogP contribution in [-0.4, -0.2) is 35.0 Å². The van der Waals surface area contributed by atoms with Crippen molar-refractivity contribution in [3.8, 4) is 17.2 Å². The molecule has 0 fully saturated rings. The van der Waals surface area contributed by atoms with Crippen LogP contribution < -0.4 is 9.64 Å². The number of benzene rings is 3. The molecule has 0 aliphatic carbocycles. The van der Waals surface area contributed by atoms with Crippen molar-refractivity contribution in [2.45, 2.75) is 6.92 Å². The number of aromatic nitrogens is 1. The number of hydrogen-bond donors (Lipinski definition) is 1. The highest BCUT2D eigenvalue weighted by Gasteiger charge is 2.38. The van der Waals surface area contributed by atoms with E-state index in [1.165, 1.54) is 25.3 Å². The summed E-state index contributed by atoms with van der Waals surface area (Å²) < 4.78 is 11.3. The number of amides is 2. The van der Waals surface area contributed by atoms with Gasteiger partial charge in [-0.1, -0.05) is 6.07 Å². The lowest BCUT2D eigenvalue weighted by atomic mass is 10.1. The number of carboxylic acid groups (broad SMARTS) is 1. The maximum absolute atomic E-state index is 13.1. The molecule has 1 N–H and O–H groups in total. The van der Waals surface area contributed by atoms with Crippen LogP contribution in [0.4, 0.5) is 5.69 Å². The Labute approximate surface area is 181 Å². The van der Waals surface area contributed by atoms with Gasteiger partial charge in [0.05, 0.1) is 29.5 Å². The topological polar surface area (TPSA) is 110 Å². The third-order valence-corrected chi connectivity index (χ3v) is 5.34. The summed E-state index contributed by atoms with van der Waals surface area (Å²) in [4.78, 5) is 42.9. The Balaban J connectivity index is 1.62. The van der Waals surface area contributed by atoms with Gasteiger partial charge in [0, 0.05) is 5.56 Å². The van der Waals surface area contributed by atoms with Gasteiger partial charge in [-0.2, -0.15) is 0 Å². The highest BCUT2D eigenvalue weighted by atomic mass is 16.5. The molecule has 0 saturated heterocycles. The Kier molecular flexibility index (Phi) is 4.30. The van der Waals surface area contributed by atoms with Crippen molar-refractivity contribution in [1.29, 1.82) is 0 Å². The van der Waals surface area contributed by atoms with Crippen molar-refractivity contribution < 1.29 is 28.6 Å². The number of hydrogen-bond acceptors (Lipinski definition) is 6. The van der Waals surface area contributed by atoms with E-state index in [1.54, 1.807) is 18.2 Å². The number of aryl methyl sites for hydroxylation is 1. The fraction of sp³-hybridized carbons (Fsp3) is 0.0833. The monoisotopic (exact) mass is 428 g/mol. The molecule has 1 aromatic heterocycles.